The van der Waals surface area contributed by atoms with Gasteiger partial charge in [-0.05, 0) is 18.6 Å². The second-order valence-electron chi connectivity index (χ2n) is 4.48. The lowest BCUT2D eigenvalue weighted by atomic mass is 10.00. The van der Waals surface area contributed by atoms with E-state index >= 15 is 0 Å². The smallest absolute Gasteiger partial charge is 0.325 e. The molecule has 2 aromatic rings. The summed E-state index contributed by atoms with van der Waals surface area (Å²) in [7, 11) is 0. The molecule has 1 aromatic heterocycles. The fourth-order valence-electron chi connectivity index (χ4n) is 2.23. The maximum atomic E-state index is 13.8. The van der Waals surface area contributed by atoms with E-state index in [1.54, 1.807) is 31.3 Å². The van der Waals surface area contributed by atoms with Gasteiger partial charge in [0.05, 0.1) is 5.57 Å². The van der Waals surface area contributed by atoms with Gasteiger partial charge in [-0.2, -0.15) is 0 Å². The number of nitrogens with two attached hydrogens (primary N) is 1. The molecule has 1 aliphatic rings. The Morgan fingerprint density at radius 1 is 1.40 bits per heavy atom. The number of hydrogen-bond donors (Lipinski definition) is 3. The summed E-state index contributed by atoms with van der Waals surface area (Å²) in [4.78, 5) is 21.1. The zero-order valence-electron chi connectivity index (χ0n) is 10.7. The van der Waals surface area contributed by atoms with Crippen LogP contribution in [0.3, 0.4) is 0 Å². The Balaban J connectivity index is 2.25. The topological polar surface area (TPSA) is 85.7 Å². The van der Waals surface area contributed by atoms with Crippen LogP contribution in [-0.4, -0.2) is 16.2 Å². The van der Waals surface area contributed by atoms with E-state index in [0.29, 0.717) is 28.1 Å². The van der Waals surface area contributed by atoms with Gasteiger partial charge in [-0.25, -0.2) is 14.4 Å². The van der Waals surface area contributed by atoms with Crippen LogP contribution in [0.4, 0.5) is 16.0 Å². The summed E-state index contributed by atoms with van der Waals surface area (Å²) >= 11 is 0. The first-order valence-corrected chi connectivity index (χ1v) is 6.03. The third-order valence-electron chi connectivity index (χ3n) is 3.24. The van der Waals surface area contributed by atoms with Crippen molar-refractivity contribution >= 4 is 29.0 Å². The highest BCUT2D eigenvalue weighted by Gasteiger charge is 2.27. The molecule has 0 spiro atoms. The van der Waals surface area contributed by atoms with Gasteiger partial charge in [-0.15, -0.1) is 0 Å². The number of nitrogens with zero attached hydrogens (tertiary/aromatic N) is 1. The number of aromatic amines is 1. The number of rotatable bonds is 1. The van der Waals surface area contributed by atoms with Crippen molar-refractivity contribution in [1.82, 2.24) is 9.97 Å². The van der Waals surface area contributed by atoms with Crippen molar-refractivity contribution in [1.29, 1.82) is 0 Å². The number of aromatic nitrogens is 2. The Morgan fingerprint density at radius 2 is 2.15 bits per heavy atom. The van der Waals surface area contributed by atoms with Gasteiger partial charge in [0.25, 0.3) is 5.69 Å². The number of allylic oxidation sites excluding steroid dienone is 2. The predicted octanol–water partition coefficient (Wildman–Crippen LogP) is 0.218. The van der Waals surface area contributed by atoms with Crippen LogP contribution in [0.1, 0.15) is 18.2 Å². The quantitative estimate of drug-likeness (QED) is 0.693. The number of fused-ring (bicyclic) bond motifs is 1. The standard InChI is InChI=1S/C14H11FN4O/c1-7(8-4-2-3-5-10(8)15)9-6-17-12-11(9)18-14(16)19-13(12)20/h2-6H,1H3,(H3,16,18,19,20)/p+1. The van der Waals surface area contributed by atoms with Crippen molar-refractivity contribution in [3.05, 3.63) is 51.7 Å². The molecule has 100 valence electrons. The third kappa shape index (κ3) is 1.82. The molecule has 0 saturated carbocycles. The summed E-state index contributed by atoms with van der Waals surface area (Å²) in [5, 5.41) is 0. The fourth-order valence-corrected chi connectivity index (χ4v) is 2.23. The average Bonchev–Trinajstić information content (AvgIpc) is 2.82. The molecular formula is C14H12FN4O+. The molecule has 6 heteroatoms. The molecule has 4 N–H and O–H groups in total. The summed E-state index contributed by atoms with van der Waals surface area (Å²) in [5.41, 5.74) is 7.78. The van der Waals surface area contributed by atoms with Gasteiger partial charge < -0.3 is 5.73 Å². The Hall–Kier alpha value is -2.76. The molecule has 0 unspecified atom stereocenters. The second-order valence-corrected chi connectivity index (χ2v) is 4.48. The van der Waals surface area contributed by atoms with Gasteiger partial charge in [0.1, 0.15) is 5.82 Å². The zero-order valence-corrected chi connectivity index (χ0v) is 10.7. The van der Waals surface area contributed by atoms with E-state index in [4.69, 9.17) is 5.73 Å². The van der Waals surface area contributed by atoms with Crippen LogP contribution in [0.5, 0.6) is 0 Å². The molecule has 1 aromatic carbocycles. The van der Waals surface area contributed by atoms with E-state index in [0.717, 1.165) is 0 Å². The SMILES string of the molecule is CC(=C1C=[NH+]c2c1nc(N)[nH]c2=O)c1ccccc1F. The number of nitrogen functional groups attached to an aromatic ring is 1. The largest absolute Gasteiger partial charge is 0.369 e. The Labute approximate surface area is 113 Å². The van der Waals surface area contributed by atoms with Gasteiger partial charge in [-0.3, -0.25) is 9.78 Å². The number of anilines is 1. The first-order chi connectivity index (χ1) is 9.58. The van der Waals surface area contributed by atoms with Crippen molar-refractivity contribution in [3.8, 4) is 0 Å². The number of hydrogen-bond acceptors (Lipinski definition) is 3. The van der Waals surface area contributed by atoms with Crippen molar-refractivity contribution in [2.75, 3.05) is 5.73 Å². The molecule has 0 fully saturated rings. The summed E-state index contributed by atoms with van der Waals surface area (Å²) in [6.07, 6.45) is 1.63. The Morgan fingerprint density at radius 3 is 2.90 bits per heavy atom. The van der Waals surface area contributed by atoms with Crippen LogP contribution in [0, 0.1) is 5.82 Å². The summed E-state index contributed by atoms with van der Waals surface area (Å²) in [6.45, 7) is 1.78. The van der Waals surface area contributed by atoms with Crippen LogP contribution >= 0.6 is 0 Å². The molecule has 3 rings (SSSR count). The molecule has 0 saturated heterocycles. The molecule has 1 aliphatic heterocycles. The normalized spacial score (nSPS) is 15.3. The van der Waals surface area contributed by atoms with Crippen LogP contribution in [-0.2, 0) is 0 Å². The van der Waals surface area contributed by atoms with Gasteiger partial charge >= 0.3 is 5.56 Å². The zero-order chi connectivity index (χ0) is 14.3. The molecule has 2 heterocycles. The number of benzene rings is 1. The minimum absolute atomic E-state index is 0.0321. The van der Waals surface area contributed by atoms with Crippen LogP contribution in [0.25, 0.3) is 11.1 Å². The van der Waals surface area contributed by atoms with E-state index in [9.17, 15) is 9.18 Å². The molecule has 0 radical (unpaired) electrons. The number of halogens is 1. The summed E-state index contributed by atoms with van der Waals surface area (Å²) in [6, 6.07) is 6.45. The molecular weight excluding hydrogens is 259 g/mol. The van der Waals surface area contributed by atoms with Gasteiger partial charge in [-0.1, -0.05) is 18.2 Å². The van der Waals surface area contributed by atoms with Crippen molar-refractivity contribution < 1.29 is 9.38 Å². The predicted molar refractivity (Wildman–Crippen MR) is 74.8 cm³/mol. The molecule has 5 nitrogen and oxygen atoms in total. The van der Waals surface area contributed by atoms with Gasteiger partial charge in [0.2, 0.25) is 5.95 Å². The Bertz CT molecular complexity index is 820. The second kappa shape index (κ2) is 4.41. The Kier molecular flexibility index (Phi) is 2.71. The van der Waals surface area contributed by atoms with Crippen molar-refractivity contribution in [2.45, 2.75) is 6.92 Å². The summed E-state index contributed by atoms with van der Waals surface area (Å²) < 4.78 is 13.8. The van der Waals surface area contributed by atoms with Crippen LogP contribution in [0.15, 0.2) is 29.1 Å². The van der Waals surface area contributed by atoms with E-state index in [2.05, 4.69) is 15.0 Å². The highest BCUT2D eigenvalue weighted by molar-refractivity contribution is 6.19. The molecule has 20 heavy (non-hydrogen) atoms. The van der Waals surface area contributed by atoms with E-state index in [1.807, 2.05) is 0 Å². The average molecular weight is 271 g/mol. The minimum Gasteiger partial charge on any atom is -0.369 e. The lowest BCUT2D eigenvalue weighted by Crippen LogP contribution is -2.62. The first kappa shape index (κ1) is 12.3. The molecule has 0 amide bonds. The highest BCUT2D eigenvalue weighted by atomic mass is 19.1. The third-order valence-corrected chi connectivity index (χ3v) is 3.24. The van der Waals surface area contributed by atoms with Crippen LogP contribution < -0.4 is 16.3 Å². The highest BCUT2D eigenvalue weighted by Crippen LogP contribution is 2.28. The van der Waals surface area contributed by atoms with Gasteiger partial charge in [0, 0.05) is 5.56 Å². The van der Waals surface area contributed by atoms with E-state index in [-0.39, 0.29) is 17.3 Å². The van der Waals surface area contributed by atoms with Crippen molar-refractivity contribution in [3.63, 3.8) is 0 Å². The van der Waals surface area contributed by atoms with Gasteiger partial charge in [0.15, 0.2) is 11.9 Å². The lowest BCUT2D eigenvalue weighted by molar-refractivity contribution is -0.344. The van der Waals surface area contributed by atoms with E-state index < -0.39 is 0 Å². The number of nitrogens with one attached hydrogen (secondary N) is 2. The molecule has 0 atom stereocenters. The monoisotopic (exact) mass is 271 g/mol. The maximum absolute atomic E-state index is 13.8. The molecule has 0 bridgehead atoms. The first-order valence-electron chi connectivity index (χ1n) is 6.03. The minimum atomic E-state index is -0.347. The maximum Gasteiger partial charge on any atom is 0.325 e. The number of H-pyrrole nitrogens is 1. The lowest BCUT2D eigenvalue weighted by Gasteiger charge is -2.05. The van der Waals surface area contributed by atoms with Crippen LogP contribution in [0.2, 0.25) is 0 Å². The molecule has 0 aliphatic carbocycles. The fraction of sp³-hybridized carbons (Fsp3) is 0.0714. The van der Waals surface area contributed by atoms with Crippen molar-refractivity contribution in [2.24, 2.45) is 0 Å². The van der Waals surface area contributed by atoms with E-state index in [1.165, 1.54) is 6.07 Å². The summed E-state index contributed by atoms with van der Waals surface area (Å²) in [5.74, 6) is -0.290.